The Labute approximate surface area is 101 Å². The van der Waals surface area contributed by atoms with Gasteiger partial charge in [0, 0.05) is 24.8 Å². The van der Waals surface area contributed by atoms with Gasteiger partial charge in [-0.3, -0.25) is 4.98 Å². The average molecular weight is 240 g/mol. The summed E-state index contributed by atoms with van der Waals surface area (Å²) >= 11 is 0. The van der Waals surface area contributed by atoms with Crippen molar-refractivity contribution in [3.63, 3.8) is 0 Å². The summed E-state index contributed by atoms with van der Waals surface area (Å²) in [5, 5.41) is 1.12. The van der Waals surface area contributed by atoms with Crippen molar-refractivity contribution in [2.45, 2.75) is 0 Å². The van der Waals surface area contributed by atoms with Gasteiger partial charge >= 0.3 is 0 Å². The van der Waals surface area contributed by atoms with Gasteiger partial charge in [0.05, 0.1) is 12.1 Å². The third-order valence-corrected chi connectivity index (χ3v) is 2.13. The second kappa shape index (κ2) is 6.30. The second-order valence-corrected chi connectivity index (χ2v) is 3.20. The molecule has 0 unspecified atom stereocenters. The van der Waals surface area contributed by atoms with Crippen LogP contribution in [0.4, 0.5) is 0 Å². The van der Waals surface area contributed by atoms with Crippen LogP contribution < -0.4 is 4.74 Å². The SMILES string of the molecule is COCCOc1ccc2cccnc2c1.Cl. The van der Waals surface area contributed by atoms with Crippen molar-refractivity contribution in [3.8, 4) is 5.75 Å². The fraction of sp³-hybridized carbons (Fsp3) is 0.250. The Balaban J connectivity index is 0.00000128. The largest absolute Gasteiger partial charge is 0.491 e. The highest BCUT2D eigenvalue weighted by Gasteiger charge is 1.97. The minimum Gasteiger partial charge on any atom is -0.491 e. The second-order valence-electron chi connectivity index (χ2n) is 3.20. The van der Waals surface area contributed by atoms with Crippen molar-refractivity contribution in [2.24, 2.45) is 0 Å². The molecular formula is C12H14ClNO2. The number of benzene rings is 1. The number of rotatable bonds is 4. The van der Waals surface area contributed by atoms with Crippen molar-refractivity contribution in [3.05, 3.63) is 36.5 Å². The van der Waals surface area contributed by atoms with Crippen LogP contribution in [-0.4, -0.2) is 25.3 Å². The summed E-state index contributed by atoms with van der Waals surface area (Å²) in [4.78, 5) is 4.26. The highest BCUT2D eigenvalue weighted by Crippen LogP contribution is 2.18. The van der Waals surface area contributed by atoms with Gasteiger partial charge < -0.3 is 9.47 Å². The van der Waals surface area contributed by atoms with Crippen LogP contribution in [0.1, 0.15) is 0 Å². The number of ether oxygens (including phenoxy) is 2. The van der Waals surface area contributed by atoms with Crippen molar-refractivity contribution in [1.29, 1.82) is 0 Å². The number of aromatic nitrogens is 1. The molecule has 1 aromatic heterocycles. The lowest BCUT2D eigenvalue weighted by Crippen LogP contribution is -2.04. The summed E-state index contributed by atoms with van der Waals surface area (Å²) < 4.78 is 10.4. The van der Waals surface area contributed by atoms with Gasteiger partial charge in [-0.05, 0) is 18.2 Å². The van der Waals surface area contributed by atoms with Crippen LogP contribution in [0.3, 0.4) is 0 Å². The molecular weight excluding hydrogens is 226 g/mol. The van der Waals surface area contributed by atoms with Gasteiger partial charge in [0.15, 0.2) is 0 Å². The molecule has 86 valence electrons. The Morgan fingerprint density at radius 3 is 2.88 bits per heavy atom. The van der Waals surface area contributed by atoms with E-state index in [4.69, 9.17) is 9.47 Å². The maximum absolute atomic E-state index is 5.49. The number of hydrogen-bond donors (Lipinski definition) is 0. The van der Waals surface area contributed by atoms with Crippen LogP contribution in [0.25, 0.3) is 10.9 Å². The summed E-state index contributed by atoms with van der Waals surface area (Å²) in [6.45, 7) is 1.16. The molecule has 0 saturated heterocycles. The van der Waals surface area contributed by atoms with Gasteiger partial charge in [0.2, 0.25) is 0 Å². The van der Waals surface area contributed by atoms with Crippen molar-refractivity contribution >= 4 is 23.3 Å². The van der Waals surface area contributed by atoms with E-state index in [2.05, 4.69) is 4.98 Å². The Morgan fingerprint density at radius 1 is 1.19 bits per heavy atom. The van der Waals surface area contributed by atoms with Gasteiger partial charge in [-0.25, -0.2) is 0 Å². The summed E-state index contributed by atoms with van der Waals surface area (Å²) in [6, 6.07) is 9.84. The molecule has 0 N–H and O–H groups in total. The lowest BCUT2D eigenvalue weighted by molar-refractivity contribution is 0.146. The van der Waals surface area contributed by atoms with Gasteiger partial charge in [-0.15, -0.1) is 12.4 Å². The first kappa shape index (κ1) is 12.7. The molecule has 0 spiro atoms. The Morgan fingerprint density at radius 2 is 2.06 bits per heavy atom. The molecule has 16 heavy (non-hydrogen) atoms. The maximum Gasteiger partial charge on any atom is 0.121 e. The fourth-order valence-electron chi connectivity index (χ4n) is 1.38. The number of fused-ring (bicyclic) bond motifs is 1. The van der Waals surface area contributed by atoms with E-state index in [-0.39, 0.29) is 12.4 Å². The van der Waals surface area contributed by atoms with E-state index in [0.29, 0.717) is 13.2 Å². The minimum atomic E-state index is 0. The Kier molecular flexibility index (Phi) is 5.02. The smallest absolute Gasteiger partial charge is 0.121 e. The molecule has 1 heterocycles. The molecule has 0 aliphatic heterocycles. The van der Waals surface area contributed by atoms with Crippen LogP contribution in [0, 0.1) is 0 Å². The molecule has 1 aromatic carbocycles. The Bertz CT molecular complexity index is 448. The van der Waals surface area contributed by atoms with Gasteiger partial charge in [-0.2, -0.15) is 0 Å². The van der Waals surface area contributed by atoms with E-state index < -0.39 is 0 Å². The van der Waals surface area contributed by atoms with E-state index in [9.17, 15) is 0 Å². The minimum absolute atomic E-state index is 0. The first-order valence-electron chi connectivity index (χ1n) is 4.86. The van der Waals surface area contributed by atoms with Crippen LogP contribution in [0.15, 0.2) is 36.5 Å². The zero-order chi connectivity index (χ0) is 10.5. The molecule has 4 heteroatoms. The van der Waals surface area contributed by atoms with E-state index in [1.165, 1.54) is 0 Å². The summed E-state index contributed by atoms with van der Waals surface area (Å²) in [5.74, 6) is 0.832. The van der Waals surface area contributed by atoms with E-state index in [1.54, 1.807) is 13.3 Å². The number of pyridine rings is 1. The monoisotopic (exact) mass is 239 g/mol. The number of nitrogens with zero attached hydrogens (tertiary/aromatic N) is 1. The molecule has 3 nitrogen and oxygen atoms in total. The van der Waals surface area contributed by atoms with E-state index in [0.717, 1.165) is 16.7 Å². The quantitative estimate of drug-likeness (QED) is 0.769. The third-order valence-electron chi connectivity index (χ3n) is 2.13. The molecule has 0 amide bonds. The molecule has 2 aromatic rings. The summed E-state index contributed by atoms with van der Waals surface area (Å²) in [5.41, 5.74) is 0.951. The summed E-state index contributed by atoms with van der Waals surface area (Å²) in [7, 11) is 1.66. The lowest BCUT2D eigenvalue weighted by atomic mass is 10.2. The van der Waals surface area contributed by atoms with Gasteiger partial charge in [0.1, 0.15) is 12.4 Å². The highest BCUT2D eigenvalue weighted by atomic mass is 35.5. The zero-order valence-corrected chi connectivity index (χ0v) is 9.87. The Hall–Kier alpha value is -1.32. The standard InChI is InChI=1S/C12H13NO2.ClH/c1-14-7-8-15-11-5-4-10-3-2-6-13-12(10)9-11;/h2-6,9H,7-8H2,1H3;1H. The zero-order valence-electron chi connectivity index (χ0n) is 9.05. The summed E-state index contributed by atoms with van der Waals surface area (Å²) in [6.07, 6.45) is 1.78. The van der Waals surface area contributed by atoms with Crippen LogP contribution in [-0.2, 0) is 4.74 Å². The van der Waals surface area contributed by atoms with Crippen molar-refractivity contribution in [1.82, 2.24) is 4.98 Å². The van der Waals surface area contributed by atoms with Crippen LogP contribution >= 0.6 is 12.4 Å². The number of halogens is 1. The molecule has 0 aliphatic carbocycles. The first-order valence-corrected chi connectivity index (χ1v) is 4.86. The van der Waals surface area contributed by atoms with Crippen LogP contribution in [0.2, 0.25) is 0 Å². The highest BCUT2D eigenvalue weighted by molar-refractivity contribution is 5.85. The molecule has 2 rings (SSSR count). The molecule has 0 atom stereocenters. The maximum atomic E-state index is 5.49. The van der Waals surface area contributed by atoms with E-state index >= 15 is 0 Å². The van der Waals surface area contributed by atoms with Gasteiger partial charge in [0.25, 0.3) is 0 Å². The normalized spacial score (nSPS) is 9.81. The molecule has 0 aliphatic rings. The van der Waals surface area contributed by atoms with Crippen molar-refractivity contribution in [2.75, 3.05) is 20.3 Å². The van der Waals surface area contributed by atoms with Crippen LogP contribution in [0.5, 0.6) is 5.75 Å². The molecule has 0 radical (unpaired) electrons. The van der Waals surface area contributed by atoms with Gasteiger partial charge in [-0.1, -0.05) is 6.07 Å². The van der Waals surface area contributed by atoms with Crippen molar-refractivity contribution < 1.29 is 9.47 Å². The predicted octanol–water partition coefficient (Wildman–Crippen LogP) is 2.68. The third kappa shape index (κ3) is 3.08. The molecule has 0 bridgehead atoms. The fourth-order valence-corrected chi connectivity index (χ4v) is 1.38. The topological polar surface area (TPSA) is 31.4 Å². The predicted molar refractivity (Wildman–Crippen MR) is 66.4 cm³/mol. The lowest BCUT2D eigenvalue weighted by Gasteiger charge is -2.05. The first-order chi connectivity index (χ1) is 7.40. The van der Waals surface area contributed by atoms with E-state index in [1.807, 2.05) is 30.3 Å². The average Bonchev–Trinajstić information content (AvgIpc) is 2.29. The molecule has 0 saturated carbocycles. The number of hydrogen-bond acceptors (Lipinski definition) is 3. The number of methoxy groups -OCH3 is 1. The molecule has 0 fully saturated rings.